The van der Waals surface area contributed by atoms with Crippen LogP contribution in [0.5, 0.6) is 11.5 Å². The number of hydrogen-bond donors (Lipinski definition) is 1. The molecular weight excluding hydrogens is 392 g/mol. The summed E-state index contributed by atoms with van der Waals surface area (Å²) in [6.45, 7) is 4.28. The summed E-state index contributed by atoms with van der Waals surface area (Å²) < 4.78 is 36.2. The van der Waals surface area contributed by atoms with Gasteiger partial charge in [0, 0.05) is 12.6 Å². The Hall–Kier alpha value is -2.74. The fourth-order valence-electron chi connectivity index (χ4n) is 3.23. The van der Waals surface area contributed by atoms with Crippen LogP contribution in [0.25, 0.3) is 0 Å². The third-order valence-corrected chi connectivity index (χ3v) is 6.01. The number of rotatable bonds is 8. The Labute approximate surface area is 171 Å². The van der Waals surface area contributed by atoms with Gasteiger partial charge in [-0.15, -0.1) is 0 Å². The molecule has 1 aliphatic rings. The summed E-state index contributed by atoms with van der Waals surface area (Å²) in [5.41, 5.74) is 3.77. The summed E-state index contributed by atoms with van der Waals surface area (Å²) in [6.07, 6.45) is 2.85. The van der Waals surface area contributed by atoms with Gasteiger partial charge in [0.15, 0.2) is 11.5 Å². The van der Waals surface area contributed by atoms with E-state index in [4.69, 9.17) is 9.47 Å². The number of nitrogens with zero attached hydrogens (tertiary/aromatic N) is 1. The van der Waals surface area contributed by atoms with Crippen molar-refractivity contribution in [3.63, 3.8) is 0 Å². The first kappa shape index (κ1) is 21.0. The number of benzene rings is 2. The summed E-state index contributed by atoms with van der Waals surface area (Å²) in [6, 6.07) is 11.1. The van der Waals surface area contributed by atoms with Crippen molar-refractivity contribution < 1.29 is 22.7 Å². The molecule has 1 amide bonds. The Morgan fingerprint density at radius 2 is 1.79 bits per heavy atom. The first-order valence-corrected chi connectivity index (χ1v) is 11.4. The van der Waals surface area contributed by atoms with E-state index in [0.717, 1.165) is 29.0 Å². The smallest absolute Gasteiger partial charge is 0.241 e. The first-order chi connectivity index (χ1) is 13.8. The van der Waals surface area contributed by atoms with E-state index in [1.807, 2.05) is 0 Å². The van der Waals surface area contributed by atoms with Crippen LogP contribution in [0.15, 0.2) is 36.4 Å². The third-order valence-electron chi connectivity index (χ3n) is 4.87. The van der Waals surface area contributed by atoms with Crippen molar-refractivity contribution in [3.05, 3.63) is 53.1 Å². The molecule has 0 bridgehead atoms. The number of anilines is 1. The largest absolute Gasteiger partial charge is 0.454 e. The molecule has 0 atom stereocenters. The van der Waals surface area contributed by atoms with Gasteiger partial charge in [-0.05, 0) is 41.7 Å². The number of nitrogens with one attached hydrogen (secondary N) is 1. The van der Waals surface area contributed by atoms with Crippen LogP contribution in [0, 0.1) is 0 Å². The highest BCUT2D eigenvalue weighted by Gasteiger charge is 2.23. The molecule has 29 heavy (non-hydrogen) atoms. The quantitative estimate of drug-likeness (QED) is 0.712. The number of ether oxygens (including phenoxy) is 2. The molecule has 3 rings (SSSR count). The molecule has 0 fully saturated rings. The van der Waals surface area contributed by atoms with Crippen molar-refractivity contribution in [1.29, 1.82) is 0 Å². The highest BCUT2D eigenvalue weighted by Crippen LogP contribution is 2.36. The van der Waals surface area contributed by atoms with Crippen LogP contribution < -0.4 is 19.1 Å². The molecule has 0 aromatic heterocycles. The Kier molecular flexibility index (Phi) is 6.32. The lowest BCUT2D eigenvalue weighted by Gasteiger charge is -2.22. The normalized spacial score (nSPS) is 12.7. The van der Waals surface area contributed by atoms with Gasteiger partial charge in [0.2, 0.25) is 22.7 Å². The summed E-state index contributed by atoms with van der Waals surface area (Å²) in [4.78, 5) is 12.6. The first-order valence-electron chi connectivity index (χ1n) is 9.56. The molecule has 8 heteroatoms. The lowest BCUT2D eigenvalue weighted by Crippen LogP contribution is -2.40. The number of sulfonamides is 1. The van der Waals surface area contributed by atoms with Gasteiger partial charge in [-0.3, -0.25) is 9.10 Å². The van der Waals surface area contributed by atoms with E-state index in [0.29, 0.717) is 23.7 Å². The van der Waals surface area contributed by atoms with Crippen LogP contribution in [-0.2, 0) is 34.2 Å². The minimum atomic E-state index is -3.66. The third kappa shape index (κ3) is 5.00. The fourth-order valence-corrected chi connectivity index (χ4v) is 4.08. The molecule has 0 saturated heterocycles. The number of carbonyl (C=O) groups excluding carboxylic acids is 1. The molecule has 1 aliphatic heterocycles. The van der Waals surface area contributed by atoms with Gasteiger partial charge in [-0.2, -0.15) is 0 Å². The highest BCUT2D eigenvalue weighted by molar-refractivity contribution is 7.92. The molecule has 0 spiro atoms. The number of amides is 1. The maximum Gasteiger partial charge on any atom is 0.241 e. The van der Waals surface area contributed by atoms with Gasteiger partial charge in [0.25, 0.3) is 0 Å². The molecule has 0 unspecified atom stereocenters. The topological polar surface area (TPSA) is 84.9 Å². The molecule has 1 heterocycles. The molecule has 0 aliphatic carbocycles. The maximum atomic E-state index is 12.6. The molecular formula is C21H26N2O5S. The fraction of sp³-hybridized carbons (Fsp3) is 0.381. The van der Waals surface area contributed by atoms with Crippen LogP contribution in [0.1, 0.15) is 30.5 Å². The van der Waals surface area contributed by atoms with Crippen molar-refractivity contribution in [3.8, 4) is 11.5 Å². The molecule has 156 valence electrons. The SMILES string of the molecule is CCc1ccc(CC)c(CNC(=O)CN(c2ccc3c(c2)OCO3)S(C)(=O)=O)c1. The summed E-state index contributed by atoms with van der Waals surface area (Å²) in [5, 5.41) is 2.85. The van der Waals surface area contributed by atoms with Gasteiger partial charge < -0.3 is 14.8 Å². The Morgan fingerprint density at radius 3 is 2.48 bits per heavy atom. The van der Waals surface area contributed by atoms with E-state index in [1.54, 1.807) is 18.2 Å². The van der Waals surface area contributed by atoms with Gasteiger partial charge in [-0.1, -0.05) is 32.0 Å². The van der Waals surface area contributed by atoms with E-state index in [1.165, 1.54) is 11.1 Å². The molecule has 2 aromatic rings. The number of carbonyl (C=O) groups is 1. The highest BCUT2D eigenvalue weighted by atomic mass is 32.2. The van der Waals surface area contributed by atoms with Crippen LogP contribution in [-0.4, -0.2) is 33.9 Å². The second kappa shape index (κ2) is 8.73. The summed E-state index contributed by atoms with van der Waals surface area (Å²) in [7, 11) is -3.66. The number of fused-ring (bicyclic) bond motifs is 1. The Balaban J connectivity index is 1.73. The zero-order valence-electron chi connectivity index (χ0n) is 16.9. The van der Waals surface area contributed by atoms with Gasteiger partial charge in [0.05, 0.1) is 11.9 Å². The number of aryl methyl sites for hydroxylation is 2. The van der Waals surface area contributed by atoms with Crippen LogP contribution in [0.2, 0.25) is 0 Å². The van der Waals surface area contributed by atoms with Crippen molar-refractivity contribution in [1.82, 2.24) is 5.32 Å². The summed E-state index contributed by atoms with van der Waals surface area (Å²) in [5.74, 6) is 0.632. The minimum Gasteiger partial charge on any atom is -0.454 e. The zero-order chi connectivity index (χ0) is 21.0. The van der Waals surface area contributed by atoms with E-state index in [9.17, 15) is 13.2 Å². The molecule has 7 nitrogen and oxygen atoms in total. The predicted octanol–water partition coefficient (Wildman–Crippen LogP) is 2.62. The van der Waals surface area contributed by atoms with Crippen LogP contribution in [0.3, 0.4) is 0 Å². The molecule has 2 aromatic carbocycles. The van der Waals surface area contributed by atoms with Crippen molar-refractivity contribution >= 4 is 21.6 Å². The standard InChI is InChI=1S/C21H26N2O5S/c1-4-15-6-7-16(5-2)17(10-15)12-22-21(24)13-23(29(3,25)26)18-8-9-19-20(11-18)28-14-27-19/h6-11H,4-5,12-14H2,1-3H3,(H,22,24). The van der Waals surface area contributed by atoms with Gasteiger partial charge >= 0.3 is 0 Å². The minimum absolute atomic E-state index is 0.0920. The van der Waals surface area contributed by atoms with Crippen molar-refractivity contribution in [2.75, 3.05) is 23.9 Å². The molecule has 1 N–H and O–H groups in total. The zero-order valence-corrected chi connectivity index (χ0v) is 17.7. The lowest BCUT2D eigenvalue weighted by molar-refractivity contribution is -0.119. The Morgan fingerprint density at radius 1 is 1.03 bits per heavy atom. The average Bonchev–Trinajstić information content (AvgIpc) is 3.17. The Bertz CT molecular complexity index is 1000. The average molecular weight is 419 g/mol. The van der Waals surface area contributed by atoms with E-state index < -0.39 is 10.0 Å². The van der Waals surface area contributed by atoms with E-state index >= 15 is 0 Å². The van der Waals surface area contributed by atoms with Gasteiger partial charge in [-0.25, -0.2) is 8.42 Å². The second-order valence-corrected chi connectivity index (χ2v) is 8.80. The monoisotopic (exact) mass is 418 g/mol. The van der Waals surface area contributed by atoms with Crippen molar-refractivity contribution in [2.45, 2.75) is 33.2 Å². The predicted molar refractivity (Wildman–Crippen MR) is 112 cm³/mol. The molecule has 0 radical (unpaired) electrons. The maximum absolute atomic E-state index is 12.6. The second-order valence-electron chi connectivity index (χ2n) is 6.89. The van der Waals surface area contributed by atoms with Crippen LogP contribution in [0.4, 0.5) is 5.69 Å². The van der Waals surface area contributed by atoms with Gasteiger partial charge in [0.1, 0.15) is 6.54 Å². The lowest BCUT2D eigenvalue weighted by atomic mass is 10.0. The van der Waals surface area contributed by atoms with Crippen LogP contribution >= 0.6 is 0 Å². The van der Waals surface area contributed by atoms with E-state index in [-0.39, 0.29) is 19.2 Å². The number of hydrogen-bond acceptors (Lipinski definition) is 5. The summed E-state index contributed by atoms with van der Waals surface area (Å²) >= 11 is 0. The van der Waals surface area contributed by atoms with E-state index in [2.05, 4.69) is 37.4 Å². The molecule has 0 saturated carbocycles. The van der Waals surface area contributed by atoms with Crippen molar-refractivity contribution in [2.24, 2.45) is 0 Å².